The average molecular weight is 364 g/mol. The molecule has 0 unspecified atom stereocenters. The normalized spacial score (nSPS) is 11.6. The smallest absolute Gasteiger partial charge is 0.491 e. The molecule has 0 fully saturated rings. The molecule has 126 valence electrons. The fraction of sp³-hybridized carbons (Fsp3) is 0.211. The zero-order chi connectivity index (χ0) is 17.4. The second-order valence-electron chi connectivity index (χ2n) is 5.49. The molecule has 0 saturated heterocycles. The maximum absolute atomic E-state index is 12.0. The first kappa shape index (κ1) is 21.6. The number of benzene rings is 2. The molecule has 0 saturated carbocycles. The Morgan fingerprint density at radius 2 is 1.68 bits per heavy atom. The average Bonchev–Trinajstić information content (AvgIpc) is 2.57. The number of sulfonamides is 1. The van der Waals surface area contributed by atoms with Crippen LogP contribution in [0, 0.1) is 6.92 Å². The van der Waals surface area contributed by atoms with Crippen LogP contribution >= 0.6 is 0 Å². The van der Waals surface area contributed by atoms with E-state index in [9.17, 15) is 8.42 Å². The van der Waals surface area contributed by atoms with E-state index in [0.717, 1.165) is 24.0 Å². The summed E-state index contributed by atoms with van der Waals surface area (Å²) in [6.07, 6.45) is 7.09. The molecular formula is C19H21N2NaO2S. The Labute approximate surface area is 172 Å². The van der Waals surface area contributed by atoms with Gasteiger partial charge in [0, 0.05) is 6.21 Å². The molecule has 0 bridgehead atoms. The molecule has 2 aromatic rings. The molecule has 0 radical (unpaired) electrons. The van der Waals surface area contributed by atoms with Crippen LogP contribution in [-0.2, 0) is 16.4 Å². The Morgan fingerprint density at radius 3 is 2.28 bits per heavy atom. The van der Waals surface area contributed by atoms with Crippen LogP contribution in [0.2, 0.25) is 0 Å². The Morgan fingerprint density at radius 1 is 1.04 bits per heavy atom. The van der Waals surface area contributed by atoms with Crippen LogP contribution in [0.15, 0.2) is 64.6 Å². The quantitative estimate of drug-likeness (QED) is 0.427. The van der Waals surface area contributed by atoms with Gasteiger partial charge in [0.05, 0.1) is 4.90 Å². The van der Waals surface area contributed by atoms with Crippen LogP contribution in [0.4, 0.5) is 0 Å². The van der Waals surface area contributed by atoms with Gasteiger partial charge >= 0.3 is 29.6 Å². The van der Waals surface area contributed by atoms with Crippen molar-refractivity contribution in [1.29, 1.82) is 0 Å². The van der Waals surface area contributed by atoms with E-state index < -0.39 is 10.0 Å². The Balaban J connectivity index is 0.00000312. The summed E-state index contributed by atoms with van der Waals surface area (Å²) in [6, 6.07) is 14.7. The van der Waals surface area contributed by atoms with E-state index in [4.69, 9.17) is 0 Å². The number of hydrogen-bond acceptors (Lipinski definition) is 3. The summed E-state index contributed by atoms with van der Waals surface area (Å²) in [5.74, 6) is 0. The summed E-state index contributed by atoms with van der Waals surface area (Å²) in [6.45, 7) is 4.05. The van der Waals surface area contributed by atoms with Gasteiger partial charge in [-0.05, 0) is 42.7 Å². The molecule has 0 aromatic heterocycles. The van der Waals surface area contributed by atoms with Crippen molar-refractivity contribution in [3.05, 3.63) is 76.1 Å². The zero-order valence-electron chi connectivity index (χ0n) is 14.9. The van der Waals surface area contributed by atoms with Crippen molar-refractivity contribution in [2.45, 2.75) is 31.6 Å². The topological polar surface area (TPSA) is 60.6 Å². The fourth-order valence-corrected chi connectivity index (χ4v) is 2.88. The molecule has 2 rings (SSSR count). The van der Waals surface area contributed by atoms with Gasteiger partial charge in [0.2, 0.25) is 0 Å². The summed E-state index contributed by atoms with van der Waals surface area (Å²) in [5, 5.41) is 3.63. The number of nitrogens with zero attached hydrogens (tertiary/aromatic N) is 2. The Kier molecular flexibility index (Phi) is 9.14. The summed E-state index contributed by atoms with van der Waals surface area (Å²) in [7, 11) is -3.74. The predicted molar refractivity (Wildman–Crippen MR) is 99.7 cm³/mol. The van der Waals surface area contributed by atoms with Crippen LogP contribution in [-0.4, -0.2) is 14.6 Å². The molecule has 4 nitrogen and oxygen atoms in total. The molecular weight excluding hydrogens is 343 g/mol. The summed E-state index contributed by atoms with van der Waals surface area (Å²) in [5.41, 5.74) is 3.33. The molecule has 25 heavy (non-hydrogen) atoms. The van der Waals surface area contributed by atoms with Crippen molar-refractivity contribution in [3.8, 4) is 0 Å². The number of rotatable bonds is 7. The second kappa shape index (κ2) is 10.6. The van der Waals surface area contributed by atoms with Gasteiger partial charge in [0.15, 0.2) is 0 Å². The van der Waals surface area contributed by atoms with Crippen molar-refractivity contribution < 1.29 is 38.0 Å². The standard InChI is InChI=1S/C19H21N2O2S.Na/c1-3-5-17-9-11-18(12-10-17)6-4-15-20-21-24(22,23)19-13-7-16(2)8-14-19;/h4,6-15H,3,5H2,1-2H3;/q-1;+1/b6-4+,20-15-;. The molecule has 0 heterocycles. The van der Waals surface area contributed by atoms with Crippen molar-refractivity contribution in [1.82, 2.24) is 0 Å². The van der Waals surface area contributed by atoms with E-state index in [1.54, 1.807) is 18.2 Å². The second-order valence-corrected chi connectivity index (χ2v) is 7.07. The van der Waals surface area contributed by atoms with Crippen molar-refractivity contribution >= 4 is 22.3 Å². The third kappa shape index (κ3) is 7.16. The third-order valence-electron chi connectivity index (χ3n) is 3.43. The first-order chi connectivity index (χ1) is 11.5. The van der Waals surface area contributed by atoms with Crippen LogP contribution in [0.5, 0.6) is 0 Å². The van der Waals surface area contributed by atoms with Gasteiger partial charge in [0.1, 0.15) is 10.0 Å². The molecule has 0 atom stereocenters. The van der Waals surface area contributed by atoms with Gasteiger partial charge in [-0.1, -0.05) is 61.4 Å². The SMILES string of the molecule is CCCc1ccc(/C=C/C=N\[N-]S(=O)(=O)c2ccc(C)cc2)cc1.[Na+]. The first-order valence-electron chi connectivity index (χ1n) is 7.84. The minimum Gasteiger partial charge on any atom is -0.491 e. The van der Waals surface area contributed by atoms with E-state index in [2.05, 4.69) is 29.0 Å². The summed E-state index contributed by atoms with van der Waals surface area (Å²) >= 11 is 0. The predicted octanol–water partition coefficient (Wildman–Crippen LogP) is 1.71. The maximum atomic E-state index is 12.0. The van der Waals surface area contributed by atoms with E-state index in [1.165, 1.54) is 23.9 Å². The third-order valence-corrected chi connectivity index (χ3v) is 4.61. The minimum atomic E-state index is -3.74. The van der Waals surface area contributed by atoms with E-state index in [0.29, 0.717) is 0 Å². The van der Waals surface area contributed by atoms with Gasteiger partial charge < -0.3 is 9.93 Å². The van der Waals surface area contributed by atoms with Crippen molar-refractivity contribution in [2.75, 3.05) is 0 Å². The van der Waals surface area contributed by atoms with Crippen molar-refractivity contribution in [2.24, 2.45) is 5.10 Å². The summed E-state index contributed by atoms with van der Waals surface area (Å²) < 4.78 is 23.9. The largest absolute Gasteiger partial charge is 1.00 e. The van der Waals surface area contributed by atoms with Crippen LogP contribution in [0.1, 0.15) is 30.0 Å². The van der Waals surface area contributed by atoms with Gasteiger partial charge in [-0.2, -0.15) is 0 Å². The molecule has 0 aliphatic rings. The molecule has 2 aromatic carbocycles. The first-order valence-corrected chi connectivity index (χ1v) is 9.28. The van der Waals surface area contributed by atoms with Crippen LogP contribution in [0.3, 0.4) is 0 Å². The summed E-state index contributed by atoms with van der Waals surface area (Å²) in [4.78, 5) is 3.56. The fourth-order valence-electron chi connectivity index (χ4n) is 2.12. The Bertz CT molecular complexity index is 812. The molecule has 0 aliphatic carbocycles. The van der Waals surface area contributed by atoms with Crippen LogP contribution in [0.25, 0.3) is 10.9 Å². The monoisotopic (exact) mass is 364 g/mol. The van der Waals surface area contributed by atoms with Crippen LogP contribution < -0.4 is 29.6 Å². The van der Waals surface area contributed by atoms with Gasteiger partial charge in [-0.3, -0.25) is 0 Å². The van der Waals surface area contributed by atoms with E-state index in [1.807, 2.05) is 25.1 Å². The molecule has 6 heteroatoms. The maximum Gasteiger partial charge on any atom is 1.00 e. The van der Waals surface area contributed by atoms with E-state index in [-0.39, 0.29) is 34.5 Å². The van der Waals surface area contributed by atoms with Gasteiger partial charge in [-0.15, -0.1) is 0 Å². The Hall–Kier alpha value is -1.40. The number of allylic oxidation sites excluding steroid dienone is 1. The van der Waals surface area contributed by atoms with Gasteiger partial charge in [0.25, 0.3) is 0 Å². The van der Waals surface area contributed by atoms with Gasteiger partial charge in [-0.25, -0.2) is 8.42 Å². The number of hydrogen-bond donors (Lipinski definition) is 0. The minimum absolute atomic E-state index is 0. The zero-order valence-corrected chi connectivity index (χ0v) is 17.7. The number of aryl methyl sites for hydroxylation is 2. The van der Waals surface area contributed by atoms with E-state index >= 15 is 0 Å². The molecule has 0 spiro atoms. The molecule has 0 aliphatic heterocycles. The molecule has 0 amide bonds. The van der Waals surface area contributed by atoms with Crippen molar-refractivity contribution in [3.63, 3.8) is 0 Å². The molecule has 0 N–H and O–H groups in total.